The van der Waals surface area contributed by atoms with E-state index in [1.165, 1.54) is 16.6 Å². The average Bonchev–Trinajstić information content (AvgIpc) is 3.01. The number of aliphatic hydroxyl groups is 1. The molecule has 0 spiro atoms. The normalized spacial score (nSPS) is 18.8. The number of rotatable bonds is 6. The van der Waals surface area contributed by atoms with Crippen molar-refractivity contribution in [2.24, 2.45) is 7.05 Å². The van der Waals surface area contributed by atoms with Crippen LogP contribution in [0.2, 0.25) is 0 Å². The third kappa shape index (κ3) is 4.12. The zero-order valence-electron chi connectivity index (χ0n) is 16.9. The zero-order chi connectivity index (χ0) is 19.5. The highest BCUT2D eigenvalue weighted by atomic mass is 16.3. The predicted octanol–water partition coefficient (Wildman–Crippen LogP) is 2.95. The second-order valence-electron chi connectivity index (χ2n) is 7.93. The standard InChI is InChI=1S/C23H30N4O/c1-18-7-9-19(10-8-18)15-27-13-12-26(16-20(27)11-14-28)17-23-24-21-5-3-4-6-22(21)25(23)2/h3-10,20,28H,11-17H2,1-2H3. The Balaban J connectivity index is 1.44. The summed E-state index contributed by atoms with van der Waals surface area (Å²) in [6.45, 7) is 7.17. The molecule has 3 aromatic rings. The summed E-state index contributed by atoms with van der Waals surface area (Å²) < 4.78 is 2.20. The van der Waals surface area contributed by atoms with Gasteiger partial charge in [0.15, 0.2) is 0 Å². The quantitative estimate of drug-likeness (QED) is 0.716. The first-order valence-electron chi connectivity index (χ1n) is 10.2. The van der Waals surface area contributed by atoms with Gasteiger partial charge >= 0.3 is 0 Å². The van der Waals surface area contributed by atoms with Crippen LogP contribution in [-0.2, 0) is 20.1 Å². The highest BCUT2D eigenvalue weighted by Gasteiger charge is 2.27. The average molecular weight is 379 g/mol. The van der Waals surface area contributed by atoms with Gasteiger partial charge in [0.05, 0.1) is 17.6 Å². The number of piperazine rings is 1. The number of benzene rings is 2. The molecular weight excluding hydrogens is 348 g/mol. The van der Waals surface area contributed by atoms with E-state index in [1.807, 2.05) is 6.07 Å². The fourth-order valence-corrected chi connectivity index (χ4v) is 4.20. The Kier molecular flexibility index (Phi) is 5.76. The van der Waals surface area contributed by atoms with Gasteiger partial charge in [-0.1, -0.05) is 42.0 Å². The van der Waals surface area contributed by atoms with Crippen molar-refractivity contribution in [3.63, 3.8) is 0 Å². The van der Waals surface area contributed by atoms with E-state index in [4.69, 9.17) is 4.98 Å². The first-order valence-corrected chi connectivity index (χ1v) is 10.2. The Labute approximate surface area is 167 Å². The van der Waals surface area contributed by atoms with E-state index in [0.717, 1.165) is 50.5 Å². The van der Waals surface area contributed by atoms with Crippen LogP contribution in [0.25, 0.3) is 11.0 Å². The highest BCUT2D eigenvalue weighted by Crippen LogP contribution is 2.20. The van der Waals surface area contributed by atoms with E-state index in [-0.39, 0.29) is 6.61 Å². The molecular formula is C23H30N4O. The number of aromatic nitrogens is 2. The van der Waals surface area contributed by atoms with Crippen LogP contribution in [0.3, 0.4) is 0 Å². The lowest BCUT2D eigenvalue weighted by atomic mass is 10.1. The summed E-state index contributed by atoms with van der Waals surface area (Å²) in [7, 11) is 2.10. The molecule has 2 aromatic carbocycles. The van der Waals surface area contributed by atoms with Gasteiger partial charge in [0, 0.05) is 45.9 Å². The number of hydrogen-bond donors (Lipinski definition) is 1. The first-order chi connectivity index (χ1) is 13.6. The molecule has 1 atom stereocenters. The summed E-state index contributed by atoms with van der Waals surface area (Å²) in [6, 6.07) is 17.5. The van der Waals surface area contributed by atoms with Gasteiger partial charge in [-0.3, -0.25) is 9.80 Å². The summed E-state index contributed by atoms with van der Waals surface area (Å²) in [5.74, 6) is 1.11. The maximum atomic E-state index is 9.59. The van der Waals surface area contributed by atoms with Crippen LogP contribution < -0.4 is 0 Å². The van der Waals surface area contributed by atoms with Gasteiger partial charge in [0.25, 0.3) is 0 Å². The minimum Gasteiger partial charge on any atom is -0.396 e. The molecule has 0 bridgehead atoms. The van der Waals surface area contributed by atoms with E-state index < -0.39 is 0 Å². The fourth-order valence-electron chi connectivity index (χ4n) is 4.20. The lowest BCUT2D eigenvalue weighted by Gasteiger charge is -2.41. The van der Waals surface area contributed by atoms with E-state index >= 15 is 0 Å². The van der Waals surface area contributed by atoms with Gasteiger partial charge in [0.1, 0.15) is 5.82 Å². The summed E-state index contributed by atoms with van der Waals surface area (Å²) in [4.78, 5) is 9.83. The zero-order valence-corrected chi connectivity index (χ0v) is 16.9. The monoisotopic (exact) mass is 378 g/mol. The summed E-state index contributed by atoms with van der Waals surface area (Å²) in [6.07, 6.45) is 0.810. The Morgan fingerprint density at radius 1 is 1.04 bits per heavy atom. The highest BCUT2D eigenvalue weighted by molar-refractivity contribution is 5.75. The summed E-state index contributed by atoms with van der Waals surface area (Å²) in [5, 5.41) is 9.59. The van der Waals surface area contributed by atoms with E-state index in [2.05, 4.69) is 70.8 Å². The van der Waals surface area contributed by atoms with Crippen LogP contribution in [0.4, 0.5) is 0 Å². The number of aryl methyl sites for hydroxylation is 2. The van der Waals surface area contributed by atoms with Gasteiger partial charge < -0.3 is 9.67 Å². The van der Waals surface area contributed by atoms with Gasteiger partial charge in [-0.05, 0) is 31.0 Å². The maximum absolute atomic E-state index is 9.59. The third-order valence-corrected chi connectivity index (χ3v) is 5.90. The molecule has 0 aliphatic carbocycles. The molecule has 28 heavy (non-hydrogen) atoms. The molecule has 0 saturated carbocycles. The fraction of sp³-hybridized carbons (Fsp3) is 0.435. The van der Waals surface area contributed by atoms with Crippen molar-refractivity contribution >= 4 is 11.0 Å². The molecule has 1 aliphatic rings. The Bertz CT molecular complexity index is 918. The Morgan fingerprint density at radius 3 is 2.57 bits per heavy atom. The number of hydrogen-bond acceptors (Lipinski definition) is 4. The van der Waals surface area contributed by atoms with Crippen LogP contribution in [0.5, 0.6) is 0 Å². The van der Waals surface area contributed by atoms with Crippen LogP contribution in [-0.4, -0.2) is 56.7 Å². The second-order valence-corrected chi connectivity index (χ2v) is 7.93. The van der Waals surface area contributed by atoms with E-state index in [9.17, 15) is 5.11 Å². The van der Waals surface area contributed by atoms with Crippen molar-refractivity contribution in [1.82, 2.24) is 19.4 Å². The maximum Gasteiger partial charge on any atom is 0.123 e. The van der Waals surface area contributed by atoms with Crippen LogP contribution in [0.15, 0.2) is 48.5 Å². The molecule has 5 heteroatoms. The van der Waals surface area contributed by atoms with Crippen LogP contribution >= 0.6 is 0 Å². The van der Waals surface area contributed by atoms with Crippen molar-refractivity contribution in [3.8, 4) is 0 Å². The van der Waals surface area contributed by atoms with Gasteiger partial charge in [-0.2, -0.15) is 0 Å². The number of imidazole rings is 1. The number of nitrogens with zero attached hydrogens (tertiary/aromatic N) is 4. The second kappa shape index (κ2) is 8.43. The smallest absolute Gasteiger partial charge is 0.123 e. The molecule has 1 unspecified atom stereocenters. The predicted molar refractivity (Wildman–Crippen MR) is 113 cm³/mol. The lowest BCUT2D eigenvalue weighted by molar-refractivity contribution is 0.0484. The molecule has 5 nitrogen and oxygen atoms in total. The SMILES string of the molecule is Cc1ccc(CN2CCN(Cc3nc4ccccc4n3C)CC2CCO)cc1. The van der Waals surface area contributed by atoms with Crippen molar-refractivity contribution < 1.29 is 5.11 Å². The number of fused-ring (bicyclic) bond motifs is 1. The minimum absolute atomic E-state index is 0.231. The van der Waals surface area contributed by atoms with Crippen molar-refractivity contribution in [2.45, 2.75) is 32.5 Å². The van der Waals surface area contributed by atoms with E-state index in [1.54, 1.807) is 0 Å². The Morgan fingerprint density at radius 2 is 1.82 bits per heavy atom. The molecule has 4 rings (SSSR count). The molecule has 1 saturated heterocycles. The van der Waals surface area contributed by atoms with Crippen molar-refractivity contribution in [2.75, 3.05) is 26.2 Å². The van der Waals surface area contributed by atoms with Crippen LogP contribution in [0.1, 0.15) is 23.4 Å². The van der Waals surface area contributed by atoms with Gasteiger partial charge in [-0.15, -0.1) is 0 Å². The molecule has 148 valence electrons. The minimum atomic E-state index is 0.231. The summed E-state index contributed by atoms with van der Waals surface area (Å²) in [5.41, 5.74) is 4.88. The van der Waals surface area contributed by atoms with Crippen molar-refractivity contribution in [3.05, 3.63) is 65.5 Å². The van der Waals surface area contributed by atoms with Gasteiger partial charge in [0.2, 0.25) is 0 Å². The summed E-state index contributed by atoms with van der Waals surface area (Å²) >= 11 is 0. The number of para-hydroxylation sites is 2. The molecule has 2 heterocycles. The number of aliphatic hydroxyl groups excluding tert-OH is 1. The van der Waals surface area contributed by atoms with Gasteiger partial charge in [-0.25, -0.2) is 4.98 Å². The van der Waals surface area contributed by atoms with E-state index in [0.29, 0.717) is 6.04 Å². The third-order valence-electron chi connectivity index (χ3n) is 5.90. The van der Waals surface area contributed by atoms with Crippen LogP contribution in [0, 0.1) is 6.92 Å². The largest absolute Gasteiger partial charge is 0.396 e. The molecule has 0 amide bonds. The lowest BCUT2D eigenvalue weighted by Crippen LogP contribution is -2.52. The molecule has 0 radical (unpaired) electrons. The molecule has 1 fully saturated rings. The molecule has 1 aromatic heterocycles. The molecule has 1 N–H and O–H groups in total. The topological polar surface area (TPSA) is 44.5 Å². The Hall–Kier alpha value is -2.21. The van der Waals surface area contributed by atoms with Crippen molar-refractivity contribution in [1.29, 1.82) is 0 Å². The molecule has 1 aliphatic heterocycles. The first kappa shape index (κ1) is 19.1.